The Bertz CT molecular complexity index is 1610. The van der Waals surface area contributed by atoms with Crippen LogP contribution in [0.4, 0.5) is 5.82 Å². The van der Waals surface area contributed by atoms with Gasteiger partial charge in [-0.3, -0.25) is 9.47 Å². The van der Waals surface area contributed by atoms with E-state index in [1.807, 2.05) is 28.8 Å². The zero-order valence-electron chi connectivity index (χ0n) is 20.7. The third kappa shape index (κ3) is 4.77. The van der Waals surface area contributed by atoms with E-state index in [9.17, 15) is 0 Å². The highest BCUT2D eigenvalue weighted by Crippen LogP contribution is 2.30. The van der Waals surface area contributed by atoms with Crippen molar-refractivity contribution in [2.24, 2.45) is 0 Å². The minimum atomic E-state index is 0.107. The molecule has 4 aromatic heterocycles. The van der Waals surface area contributed by atoms with Gasteiger partial charge in [0.05, 0.1) is 17.2 Å². The van der Waals surface area contributed by atoms with Gasteiger partial charge in [0.2, 0.25) is 5.88 Å². The van der Waals surface area contributed by atoms with E-state index in [2.05, 4.69) is 50.2 Å². The summed E-state index contributed by atoms with van der Waals surface area (Å²) in [6.07, 6.45) is 7.00. The molecule has 1 aliphatic heterocycles. The summed E-state index contributed by atoms with van der Waals surface area (Å²) < 4.78 is 8.06. The standard InChI is InChI=1S/C29H26N8O/c30-18-21-9-14-32-26(17-21)38-23-10-15-36(16-11-23)19-20-5-7-22(8-6-20)37-28(24-3-1-12-33-27(24)31)35-25-4-2-13-34-29(25)37/h1-9,12-14,17,23H,10-11,15-16,19H2,(H2,31,33). The maximum absolute atomic E-state index is 9.08. The van der Waals surface area contributed by atoms with E-state index in [1.54, 1.807) is 30.7 Å². The van der Waals surface area contributed by atoms with Crippen molar-refractivity contribution in [2.75, 3.05) is 18.8 Å². The number of hydrogen-bond donors (Lipinski definition) is 1. The monoisotopic (exact) mass is 502 g/mol. The van der Waals surface area contributed by atoms with E-state index < -0.39 is 0 Å². The fraction of sp³-hybridized carbons (Fsp3) is 0.207. The van der Waals surface area contributed by atoms with Gasteiger partial charge in [-0.2, -0.15) is 5.26 Å². The third-order valence-electron chi connectivity index (χ3n) is 6.78. The van der Waals surface area contributed by atoms with Gasteiger partial charge in [-0.05, 0) is 60.9 Å². The second-order valence-corrected chi connectivity index (χ2v) is 9.31. The van der Waals surface area contributed by atoms with Crippen LogP contribution < -0.4 is 10.5 Å². The van der Waals surface area contributed by atoms with Gasteiger partial charge in [-0.1, -0.05) is 12.1 Å². The van der Waals surface area contributed by atoms with Gasteiger partial charge >= 0.3 is 0 Å². The summed E-state index contributed by atoms with van der Waals surface area (Å²) in [4.78, 5) is 20.3. The van der Waals surface area contributed by atoms with Gasteiger partial charge in [0.25, 0.3) is 0 Å². The molecule has 5 heterocycles. The lowest BCUT2D eigenvalue weighted by Crippen LogP contribution is -2.37. The van der Waals surface area contributed by atoms with Crippen molar-refractivity contribution in [3.63, 3.8) is 0 Å². The maximum Gasteiger partial charge on any atom is 0.214 e. The molecule has 1 saturated heterocycles. The van der Waals surface area contributed by atoms with Crippen LogP contribution in [0.1, 0.15) is 24.0 Å². The fourth-order valence-electron chi connectivity index (χ4n) is 4.85. The molecule has 0 radical (unpaired) electrons. The Morgan fingerprint density at radius 2 is 1.74 bits per heavy atom. The van der Waals surface area contributed by atoms with Crippen molar-refractivity contribution >= 4 is 17.0 Å². The highest BCUT2D eigenvalue weighted by Gasteiger charge is 2.22. The number of benzene rings is 1. The highest BCUT2D eigenvalue weighted by atomic mass is 16.5. The van der Waals surface area contributed by atoms with Gasteiger partial charge in [-0.25, -0.2) is 19.9 Å². The number of ether oxygens (including phenoxy) is 1. The molecule has 0 saturated carbocycles. The van der Waals surface area contributed by atoms with Crippen LogP contribution in [-0.4, -0.2) is 48.6 Å². The average molecular weight is 503 g/mol. The number of nitrogen functional groups attached to an aromatic ring is 1. The quantitative estimate of drug-likeness (QED) is 0.363. The number of hydrogen-bond acceptors (Lipinski definition) is 8. The minimum Gasteiger partial charge on any atom is -0.474 e. The second kappa shape index (κ2) is 10.3. The van der Waals surface area contributed by atoms with Crippen LogP contribution in [0.2, 0.25) is 0 Å². The van der Waals surface area contributed by atoms with Gasteiger partial charge in [0.15, 0.2) is 11.5 Å². The van der Waals surface area contributed by atoms with Crippen LogP contribution in [0.5, 0.6) is 5.88 Å². The smallest absolute Gasteiger partial charge is 0.214 e. The Labute approximate surface area is 220 Å². The van der Waals surface area contributed by atoms with E-state index >= 15 is 0 Å². The maximum atomic E-state index is 9.08. The molecule has 2 N–H and O–H groups in total. The van der Waals surface area contributed by atoms with Gasteiger partial charge in [0.1, 0.15) is 17.4 Å². The van der Waals surface area contributed by atoms with E-state index in [0.717, 1.165) is 54.9 Å². The molecule has 1 aliphatic rings. The summed E-state index contributed by atoms with van der Waals surface area (Å²) in [6.45, 7) is 2.73. The molecule has 0 aliphatic carbocycles. The Morgan fingerprint density at radius 1 is 0.947 bits per heavy atom. The molecular weight excluding hydrogens is 476 g/mol. The summed E-state index contributed by atoms with van der Waals surface area (Å²) in [7, 11) is 0. The van der Waals surface area contributed by atoms with Crippen molar-refractivity contribution in [1.82, 2.24) is 29.4 Å². The second-order valence-electron chi connectivity index (χ2n) is 9.31. The first-order chi connectivity index (χ1) is 18.7. The summed E-state index contributed by atoms with van der Waals surface area (Å²) in [5.74, 6) is 1.67. The molecule has 38 heavy (non-hydrogen) atoms. The van der Waals surface area contributed by atoms with Gasteiger partial charge in [-0.15, -0.1) is 0 Å². The molecule has 0 amide bonds. The number of nitriles is 1. The van der Waals surface area contributed by atoms with Crippen molar-refractivity contribution in [1.29, 1.82) is 5.26 Å². The molecule has 0 unspecified atom stereocenters. The van der Waals surface area contributed by atoms with Crippen LogP contribution in [0.25, 0.3) is 28.2 Å². The molecule has 6 rings (SSSR count). The Hall–Kier alpha value is -4.81. The van der Waals surface area contributed by atoms with Crippen LogP contribution in [0.3, 0.4) is 0 Å². The summed E-state index contributed by atoms with van der Waals surface area (Å²) >= 11 is 0. The minimum absolute atomic E-state index is 0.107. The lowest BCUT2D eigenvalue weighted by atomic mass is 10.1. The predicted molar refractivity (Wildman–Crippen MR) is 144 cm³/mol. The van der Waals surface area contributed by atoms with Gasteiger partial charge in [0, 0.05) is 50.0 Å². The molecular formula is C29H26N8O. The first kappa shape index (κ1) is 23.6. The Morgan fingerprint density at radius 3 is 2.53 bits per heavy atom. The number of rotatable bonds is 6. The normalized spacial score (nSPS) is 14.4. The molecule has 188 valence electrons. The van der Waals surface area contributed by atoms with E-state index in [0.29, 0.717) is 23.1 Å². The number of aromatic nitrogens is 5. The van der Waals surface area contributed by atoms with Crippen LogP contribution in [-0.2, 0) is 6.54 Å². The molecule has 9 heteroatoms. The van der Waals surface area contributed by atoms with E-state index in [-0.39, 0.29) is 6.10 Å². The molecule has 9 nitrogen and oxygen atoms in total. The summed E-state index contributed by atoms with van der Waals surface area (Å²) in [5.41, 5.74) is 11.3. The molecule has 5 aromatic rings. The van der Waals surface area contributed by atoms with Crippen molar-refractivity contribution < 1.29 is 4.74 Å². The molecule has 0 atom stereocenters. The predicted octanol–water partition coefficient (Wildman–Crippen LogP) is 4.37. The van der Waals surface area contributed by atoms with Crippen molar-refractivity contribution in [3.05, 3.63) is 90.4 Å². The average Bonchev–Trinajstić information content (AvgIpc) is 3.34. The number of imidazole rings is 1. The number of likely N-dealkylation sites (tertiary alicyclic amines) is 1. The van der Waals surface area contributed by atoms with E-state index in [1.165, 1.54) is 5.56 Å². The van der Waals surface area contributed by atoms with Crippen LogP contribution in [0, 0.1) is 11.3 Å². The number of pyridine rings is 3. The first-order valence-corrected chi connectivity index (χ1v) is 12.6. The van der Waals surface area contributed by atoms with E-state index in [4.69, 9.17) is 20.7 Å². The van der Waals surface area contributed by atoms with Gasteiger partial charge < -0.3 is 10.5 Å². The molecule has 1 aromatic carbocycles. The van der Waals surface area contributed by atoms with Crippen molar-refractivity contribution in [3.8, 4) is 29.0 Å². The lowest BCUT2D eigenvalue weighted by molar-refractivity contribution is 0.0932. The number of piperidine rings is 1. The number of anilines is 1. The number of nitrogens with zero attached hydrogens (tertiary/aromatic N) is 7. The molecule has 0 spiro atoms. The molecule has 1 fully saturated rings. The Balaban J connectivity index is 1.16. The zero-order chi connectivity index (χ0) is 25.9. The van der Waals surface area contributed by atoms with Crippen LogP contribution in [0.15, 0.2) is 79.3 Å². The Kier molecular flexibility index (Phi) is 6.38. The van der Waals surface area contributed by atoms with Crippen LogP contribution >= 0.6 is 0 Å². The SMILES string of the molecule is N#Cc1ccnc(OC2CCN(Cc3ccc(-n4c(-c5cccnc5N)nc5cccnc54)cc3)CC2)c1. The lowest BCUT2D eigenvalue weighted by Gasteiger charge is -2.31. The topological polar surface area (TPSA) is 119 Å². The first-order valence-electron chi connectivity index (χ1n) is 12.6. The third-order valence-corrected chi connectivity index (χ3v) is 6.78. The number of fused-ring (bicyclic) bond motifs is 1. The summed E-state index contributed by atoms with van der Waals surface area (Å²) in [5, 5.41) is 9.08. The highest BCUT2D eigenvalue weighted by molar-refractivity contribution is 5.82. The molecule has 0 bridgehead atoms. The van der Waals surface area contributed by atoms with Crippen molar-refractivity contribution in [2.45, 2.75) is 25.5 Å². The fourth-order valence-corrected chi connectivity index (χ4v) is 4.85. The largest absolute Gasteiger partial charge is 0.474 e. The number of nitrogens with two attached hydrogens (primary N) is 1. The summed E-state index contributed by atoms with van der Waals surface area (Å²) in [6, 6.07) is 21.6. The zero-order valence-corrected chi connectivity index (χ0v) is 20.7.